The molecule has 0 saturated carbocycles. The van der Waals surface area contributed by atoms with Crippen molar-refractivity contribution in [2.45, 2.75) is 43.9 Å². The van der Waals surface area contributed by atoms with Crippen molar-refractivity contribution in [2.75, 3.05) is 7.11 Å². The van der Waals surface area contributed by atoms with E-state index < -0.39 is 0 Å². The Kier molecular flexibility index (Phi) is 5.37. The van der Waals surface area contributed by atoms with E-state index in [1.165, 1.54) is 44.5 Å². The highest BCUT2D eigenvalue weighted by atomic mass is 16.5. The molecular weight excluding hydrogens is 424 g/mol. The minimum absolute atomic E-state index is 0.149. The highest BCUT2D eigenvalue weighted by Gasteiger charge is 2.36. The maximum Gasteiger partial charge on any atom is 0.122 e. The highest BCUT2D eigenvalue weighted by Crippen LogP contribution is 2.52. The quantitative estimate of drug-likeness (QED) is 0.282. The predicted octanol–water partition coefficient (Wildman–Crippen LogP) is 8.75. The number of ether oxygens (including phenoxy) is 1. The minimum Gasteiger partial charge on any atom is -0.496 e. The van der Waals surface area contributed by atoms with E-state index in [0.29, 0.717) is 11.8 Å². The number of hydrogen-bond acceptors (Lipinski definition) is 1. The standard InChI is InChI=1S/C34H32O/c1-34(2,31-18-10-11-19-33(31)35-3)32-22-23(24-12-4-9-17-30(24)32)20-21-29-27-15-7-5-13-25(27)26-14-6-8-16-28(26)29/h4-19,22-23,29H,20-21H2,1-3H3. The lowest BCUT2D eigenvalue weighted by Crippen LogP contribution is -2.19. The van der Waals surface area contributed by atoms with E-state index in [1.54, 1.807) is 7.11 Å². The SMILES string of the molecule is COc1ccccc1C(C)(C)C1=CC(CCC2c3ccccc3-c3ccccc32)c2ccccc21. The lowest BCUT2D eigenvalue weighted by atomic mass is 9.75. The zero-order chi connectivity index (χ0) is 24.0. The van der Waals surface area contributed by atoms with Gasteiger partial charge in [-0.3, -0.25) is 0 Å². The third-order valence-corrected chi connectivity index (χ3v) is 8.20. The van der Waals surface area contributed by atoms with Crippen molar-refractivity contribution < 1.29 is 4.74 Å². The molecule has 4 aromatic rings. The van der Waals surface area contributed by atoms with Gasteiger partial charge in [-0.05, 0) is 57.9 Å². The molecule has 2 aliphatic rings. The van der Waals surface area contributed by atoms with Crippen molar-refractivity contribution in [3.63, 3.8) is 0 Å². The summed E-state index contributed by atoms with van der Waals surface area (Å²) in [5, 5.41) is 0. The third-order valence-electron chi connectivity index (χ3n) is 8.20. The first-order chi connectivity index (χ1) is 17.1. The Morgan fingerprint density at radius 2 is 1.17 bits per heavy atom. The second-order valence-electron chi connectivity index (χ2n) is 10.4. The molecule has 0 radical (unpaired) electrons. The summed E-state index contributed by atoms with van der Waals surface area (Å²) < 4.78 is 5.76. The van der Waals surface area contributed by atoms with Gasteiger partial charge in [0.25, 0.3) is 0 Å². The predicted molar refractivity (Wildman–Crippen MR) is 146 cm³/mol. The molecule has 0 spiro atoms. The summed E-state index contributed by atoms with van der Waals surface area (Å²) in [6.45, 7) is 4.67. The number of allylic oxidation sites excluding steroid dienone is 2. The molecule has 6 rings (SSSR count). The first-order valence-corrected chi connectivity index (χ1v) is 12.7. The van der Waals surface area contributed by atoms with E-state index in [4.69, 9.17) is 4.74 Å². The van der Waals surface area contributed by atoms with Crippen LogP contribution in [0.2, 0.25) is 0 Å². The minimum atomic E-state index is -0.149. The summed E-state index contributed by atoms with van der Waals surface area (Å²) in [5.74, 6) is 1.85. The first-order valence-electron chi connectivity index (χ1n) is 12.7. The van der Waals surface area contributed by atoms with E-state index in [9.17, 15) is 0 Å². The zero-order valence-electron chi connectivity index (χ0n) is 20.8. The third kappa shape index (κ3) is 3.53. The molecule has 2 aliphatic carbocycles. The summed E-state index contributed by atoms with van der Waals surface area (Å²) in [4.78, 5) is 0. The van der Waals surface area contributed by atoms with Gasteiger partial charge in [0.05, 0.1) is 7.11 Å². The normalized spacial score (nSPS) is 16.4. The molecule has 1 nitrogen and oxygen atoms in total. The van der Waals surface area contributed by atoms with Gasteiger partial charge in [0.2, 0.25) is 0 Å². The van der Waals surface area contributed by atoms with Crippen molar-refractivity contribution in [3.8, 4) is 16.9 Å². The smallest absolute Gasteiger partial charge is 0.122 e. The van der Waals surface area contributed by atoms with E-state index in [0.717, 1.165) is 18.6 Å². The Labute approximate surface area is 209 Å². The summed E-state index contributed by atoms with van der Waals surface area (Å²) in [7, 11) is 1.77. The van der Waals surface area contributed by atoms with Crippen molar-refractivity contribution in [2.24, 2.45) is 0 Å². The van der Waals surface area contributed by atoms with E-state index >= 15 is 0 Å². The second-order valence-corrected chi connectivity index (χ2v) is 10.4. The van der Waals surface area contributed by atoms with Gasteiger partial charge in [-0.15, -0.1) is 0 Å². The fourth-order valence-electron chi connectivity index (χ4n) is 6.45. The van der Waals surface area contributed by atoms with Gasteiger partial charge in [0.15, 0.2) is 0 Å². The number of para-hydroxylation sites is 1. The molecule has 1 unspecified atom stereocenters. The first kappa shape index (κ1) is 21.9. The molecule has 0 fully saturated rings. The van der Waals surface area contributed by atoms with Gasteiger partial charge >= 0.3 is 0 Å². The van der Waals surface area contributed by atoms with Crippen LogP contribution < -0.4 is 4.74 Å². The van der Waals surface area contributed by atoms with Gasteiger partial charge in [-0.1, -0.05) is 111 Å². The van der Waals surface area contributed by atoms with Gasteiger partial charge in [-0.25, -0.2) is 0 Å². The number of rotatable bonds is 6. The van der Waals surface area contributed by atoms with Crippen molar-refractivity contribution in [3.05, 3.63) is 131 Å². The number of benzene rings is 4. The Hall–Kier alpha value is -3.58. The van der Waals surface area contributed by atoms with E-state index in [1.807, 2.05) is 0 Å². The van der Waals surface area contributed by atoms with Crippen LogP contribution in [0, 0.1) is 0 Å². The molecule has 1 heteroatoms. The van der Waals surface area contributed by atoms with Crippen LogP contribution >= 0.6 is 0 Å². The Morgan fingerprint density at radius 1 is 0.629 bits per heavy atom. The molecule has 4 aromatic carbocycles. The second kappa shape index (κ2) is 8.57. The largest absolute Gasteiger partial charge is 0.496 e. The molecule has 0 N–H and O–H groups in total. The van der Waals surface area contributed by atoms with Crippen LogP contribution in [0.1, 0.15) is 66.3 Å². The molecule has 0 aromatic heterocycles. The zero-order valence-corrected chi connectivity index (χ0v) is 20.8. The summed E-state index contributed by atoms with van der Waals surface area (Å²) >= 11 is 0. The number of fused-ring (bicyclic) bond motifs is 4. The molecule has 1 atom stereocenters. The summed E-state index contributed by atoms with van der Waals surface area (Å²) in [6.07, 6.45) is 4.83. The van der Waals surface area contributed by atoms with Crippen LogP contribution in [0.25, 0.3) is 16.7 Å². The average molecular weight is 457 g/mol. The average Bonchev–Trinajstić information content (AvgIpc) is 3.44. The summed E-state index contributed by atoms with van der Waals surface area (Å²) in [5.41, 5.74) is 11.1. The Bertz CT molecular complexity index is 1380. The maximum absolute atomic E-state index is 5.76. The number of hydrogen-bond donors (Lipinski definition) is 0. The number of methoxy groups -OCH3 is 1. The van der Waals surface area contributed by atoms with Crippen LogP contribution in [0.4, 0.5) is 0 Å². The van der Waals surface area contributed by atoms with Crippen LogP contribution in [-0.2, 0) is 5.41 Å². The van der Waals surface area contributed by atoms with Gasteiger partial charge in [0, 0.05) is 22.8 Å². The highest BCUT2D eigenvalue weighted by molar-refractivity contribution is 5.82. The van der Waals surface area contributed by atoms with Gasteiger partial charge in [0.1, 0.15) is 5.75 Å². The lowest BCUT2D eigenvalue weighted by Gasteiger charge is -2.29. The Morgan fingerprint density at radius 3 is 1.83 bits per heavy atom. The van der Waals surface area contributed by atoms with Crippen molar-refractivity contribution >= 4 is 5.57 Å². The van der Waals surface area contributed by atoms with Crippen LogP contribution in [0.5, 0.6) is 5.75 Å². The maximum atomic E-state index is 5.76. The monoisotopic (exact) mass is 456 g/mol. The van der Waals surface area contributed by atoms with Crippen molar-refractivity contribution in [1.29, 1.82) is 0 Å². The molecule has 35 heavy (non-hydrogen) atoms. The van der Waals surface area contributed by atoms with E-state index in [-0.39, 0.29) is 5.41 Å². The topological polar surface area (TPSA) is 9.23 Å². The molecule has 0 bridgehead atoms. The van der Waals surface area contributed by atoms with E-state index in [2.05, 4.69) is 117 Å². The molecule has 174 valence electrons. The fraction of sp³-hybridized carbons (Fsp3) is 0.235. The molecule has 0 aliphatic heterocycles. The van der Waals surface area contributed by atoms with Crippen LogP contribution in [0.15, 0.2) is 103 Å². The van der Waals surface area contributed by atoms with Gasteiger partial charge in [-0.2, -0.15) is 0 Å². The fourth-order valence-corrected chi connectivity index (χ4v) is 6.45. The molecule has 0 saturated heterocycles. The van der Waals surface area contributed by atoms with Crippen LogP contribution in [-0.4, -0.2) is 7.11 Å². The lowest BCUT2D eigenvalue weighted by molar-refractivity contribution is 0.403. The molecular formula is C34H32O. The Balaban J connectivity index is 1.35. The molecule has 0 heterocycles. The summed E-state index contributed by atoms with van der Waals surface area (Å²) in [6, 6.07) is 35.4. The van der Waals surface area contributed by atoms with Crippen LogP contribution in [0.3, 0.4) is 0 Å². The molecule has 0 amide bonds. The van der Waals surface area contributed by atoms with Crippen molar-refractivity contribution in [1.82, 2.24) is 0 Å². The van der Waals surface area contributed by atoms with Gasteiger partial charge < -0.3 is 4.74 Å².